The van der Waals surface area contributed by atoms with Gasteiger partial charge in [0.2, 0.25) is 0 Å². The molecule has 0 aliphatic rings. The van der Waals surface area contributed by atoms with Crippen molar-refractivity contribution in [2.75, 3.05) is 13.2 Å². The molecule has 0 bridgehead atoms. The van der Waals surface area contributed by atoms with Crippen LogP contribution in [0.1, 0.15) is 0 Å². The largest absolute Gasteiger partial charge is 0.394 e. The highest BCUT2D eigenvalue weighted by Gasteiger charge is 2.05. The molecule has 0 aliphatic heterocycles. The quantitative estimate of drug-likeness (QED) is 0.271. The molecule has 13 heavy (non-hydrogen) atoms. The van der Waals surface area contributed by atoms with E-state index in [0.29, 0.717) is 0 Å². The van der Waals surface area contributed by atoms with Crippen LogP contribution >= 0.6 is 17.2 Å². The SMILES string of the molecule is OCC(O)CO.OP(O)OP(O)O. The highest BCUT2D eigenvalue weighted by atomic mass is 31.2. The summed E-state index contributed by atoms with van der Waals surface area (Å²) in [6.45, 7) is -0.729. The van der Waals surface area contributed by atoms with Gasteiger partial charge in [-0.1, -0.05) is 0 Å². The second kappa shape index (κ2) is 10.6. The lowest BCUT2D eigenvalue weighted by Crippen LogP contribution is -2.15. The Bertz CT molecular complexity index is 89.4. The van der Waals surface area contributed by atoms with Crippen molar-refractivity contribution in [2.45, 2.75) is 6.10 Å². The van der Waals surface area contributed by atoms with Crippen LogP contribution in [-0.4, -0.2) is 54.2 Å². The Morgan fingerprint density at radius 3 is 1.23 bits per heavy atom. The third kappa shape index (κ3) is 19.1. The first-order chi connectivity index (χ1) is 5.93. The van der Waals surface area contributed by atoms with Gasteiger partial charge in [-0.05, 0) is 0 Å². The van der Waals surface area contributed by atoms with E-state index in [1.165, 1.54) is 0 Å². The molecule has 10 heteroatoms. The third-order valence-corrected chi connectivity index (χ3v) is 1.74. The van der Waals surface area contributed by atoms with Gasteiger partial charge in [-0.15, -0.1) is 0 Å². The molecule has 0 unspecified atom stereocenters. The van der Waals surface area contributed by atoms with Gasteiger partial charge in [0.25, 0.3) is 0 Å². The molecule has 0 aliphatic carbocycles. The van der Waals surface area contributed by atoms with E-state index < -0.39 is 23.3 Å². The van der Waals surface area contributed by atoms with E-state index in [0.717, 1.165) is 0 Å². The molecule has 0 aromatic rings. The first kappa shape index (κ1) is 16.0. The van der Waals surface area contributed by atoms with Crippen molar-refractivity contribution in [3.8, 4) is 0 Å². The Morgan fingerprint density at radius 2 is 1.23 bits per heavy atom. The van der Waals surface area contributed by atoms with Crippen molar-refractivity contribution in [1.82, 2.24) is 0 Å². The van der Waals surface area contributed by atoms with E-state index in [1.807, 2.05) is 0 Å². The molecule has 0 saturated carbocycles. The van der Waals surface area contributed by atoms with E-state index in [2.05, 4.69) is 4.31 Å². The van der Waals surface area contributed by atoms with Crippen molar-refractivity contribution < 1.29 is 39.2 Å². The molecule has 7 N–H and O–H groups in total. The van der Waals surface area contributed by atoms with E-state index in [4.69, 9.17) is 34.9 Å². The number of hydrogen-bond acceptors (Lipinski definition) is 8. The molecule has 0 saturated heterocycles. The van der Waals surface area contributed by atoms with E-state index in [-0.39, 0.29) is 13.2 Å². The monoisotopic (exact) mass is 238 g/mol. The molecule has 0 rings (SSSR count). The maximum atomic E-state index is 8.17. The van der Waals surface area contributed by atoms with Crippen LogP contribution in [0.3, 0.4) is 0 Å². The Balaban J connectivity index is 0. The molecule has 0 amide bonds. The summed E-state index contributed by atoms with van der Waals surface area (Å²) in [4.78, 5) is 31.3. The summed E-state index contributed by atoms with van der Waals surface area (Å²) in [5.74, 6) is 0. The van der Waals surface area contributed by atoms with E-state index >= 15 is 0 Å². The maximum Gasteiger partial charge on any atom is 0.334 e. The van der Waals surface area contributed by atoms with Crippen molar-refractivity contribution in [2.24, 2.45) is 0 Å². The molecular formula is C3H12O8P2. The van der Waals surface area contributed by atoms with Crippen molar-refractivity contribution in [3.05, 3.63) is 0 Å². The third-order valence-electron chi connectivity index (χ3n) is 0.568. The average molecular weight is 238 g/mol. The summed E-state index contributed by atoms with van der Waals surface area (Å²) in [6, 6.07) is 0. The van der Waals surface area contributed by atoms with Gasteiger partial charge >= 0.3 is 17.2 Å². The Kier molecular flexibility index (Phi) is 13.1. The first-order valence-corrected chi connectivity index (χ1v) is 5.20. The Morgan fingerprint density at radius 1 is 0.923 bits per heavy atom. The molecule has 8 nitrogen and oxygen atoms in total. The topological polar surface area (TPSA) is 151 Å². The Labute approximate surface area is 76.7 Å². The van der Waals surface area contributed by atoms with Crippen LogP contribution < -0.4 is 0 Å². The standard InChI is InChI=1S/C3H8O3.H4O5P2/c4-1-3(6)2-5;1-6(2)5-7(3)4/h3-6H,1-2H2;1-4H. The normalized spacial score (nSPS) is 10.6. The second-order valence-corrected chi connectivity index (χ2v) is 3.27. The number of aliphatic hydroxyl groups is 3. The summed E-state index contributed by atoms with van der Waals surface area (Å²) < 4.78 is 3.60. The van der Waals surface area contributed by atoms with Gasteiger partial charge in [-0.2, -0.15) is 0 Å². The first-order valence-electron chi connectivity index (χ1n) is 2.87. The van der Waals surface area contributed by atoms with Crippen LogP contribution in [0.4, 0.5) is 0 Å². The van der Waals surface area contributed by atoms with Gasteiger partial charge in [-0.25, -0.2) is 4.31 Å². The molecule has 0 aromatic heterocycles. The lowest BCUT2D eigenvalue weighted by Gasteiger charge is -2.00. The molecule has 0 radical (unpaired) electrons. The minimum atomic E-state index is -2.61. The summed E-state index contributed by atoms with van der Waals surface area (Å²) in [5, 5.41) is 24.0. The predicted octanol–water partition coefficient (Wildman–Crippen LogP) is -2.24. The average Bonchev–Trinajstić information content (AvgIpc) is 2.01. The van der Waals surface area contributed by atoms with Gasteiger partial charge in [0.15, 0.2) is 0 Å². The number of aliphatic hydroxyl groups excluding tert-OH is 3. The van der Waals surface area contributed by atoms with Gasteiger partial charge in [0.05, 0.1) is 13.2 Å². The predicted molar refractivity (Wildman–Crippen MR) is 44.0 cm³/mol. The van der Waals surface area contributed by atoms with E-state index in [1.54, 1.807) is 0 Å². The summed E-state index contributed by atoms with van der Waals surface area (Å²) in [5.41, 5.74) is 0. The minimum absolute atomic E-state index is 0.365. The van der Waals surface area contributed by atoms with Crippen molar-refractivity contribution in [3.63, 3.8) is 0 Å². The van der Waals surface area contributed by atoms with Crippen LogP contribution in [0.15, 0.2) is 0 Å². The summed E-state index contributed by atoms with van der Waals surface area (Å²) in [6.07, 6.45) is -0.954. The van der Waals surface area contributed by atoms with Crippen LogP contribution in [0.5, 0.6) is 0 Å². The fourth-order valence-corrected chi connectivity index (χ4v) is 0.646. The Hall–Kier alpha value is 0.540. The van der Waals surface area contributed by atoms with Gasteiger partial charge in [0.1, 0.15) is 6.10 Å². The summed E-state index contributed by atoms with van der Waals surface area (Å²) in [7, 11) is -5.22. The number of hydrogen-bond donors (Lipinski definition) is 7. The van der Waals surface area contributed by atoms with Crippen LogP contribution in [0, 0.1) is 0 Å². The van der Waals surface area contributed by atoms with Gasteiger partial charge in [-0.3, -0.25) is 0 Å². The smallest absolute Gasteiger partial charge is 0.334 e. The van der Waals surface area contributed by atoms with Crippen molar-refractivity contribution in [1.29, 1.82) is 0 Å². The molecule has 0 aromatic carbocycles. The maximum absolute atomic E-state index is 8.17. The zero-order valence-corrected chi connectivity index (χ0v) is 8.21. The number of rotatable bonds is 4. The highest BCUT2D eigenvalue weighted by Crippen LogP contribution is 2.41. The molecular weight excluding hydrogens is 226 g/mol. The molecule has 0 heterocycles. The molecule has 0 fully saturated rings. The van der Waals surface area contributed by atoms with Crippen LogP contribution in [0.25, 0.3) is 0 Å². The minimum Gasteiger partial charge on any atom is -0.394 e. The highest BCUT2D eigenvalue weighted by molar-refractivity contribution is 7.53. The van der Waals surface area contributed by atoms with E-state index in [9.17, 15) is 0 Å². The van der Waals surface area contributed by atoms with Crippen LogP contribution in [0.2, 0.25) is 0 Å². The summed E-state index contributed by atoms with van der Waals surface area (Å²) >= 11 is 0. The fraction of sp³-hybridized carbons (Fsp3) is 1.00. The van der Waals surface area contributed by atoms with Crippen LogP contribution in [-0.2, 0) is 4.31 Å². The van der Waals surface area contributed by atoms with Crippen molar-refractivity contribution >= 4 is 17.2 Å². The molecule has 0 spiro atoms. The molecule has 0 atom stereocenters. The van der Waals surface area contributed by atoms with Gasteiger partial charge < -0.3 is 34.9 Å². The lowest BCUT2D eigenvalue weighted by molar-refractivity contribution is 0.0450. The molecule has 82 valence electrons. The zero-order valence-electron chi connectivity index (χ0n) is 6.42. The van der Waals surface area contributed by atoms with Gasteiger partial charge in [0, 0.05) is 0 Å². The zero-order chi connectivity index (χ0) is 10.9. The lowest BCUT2D eigenvalue weighted by atomic mass is 10.4. The fourth-order valence-electron chi connectivity index (χ4n) is 0.123. The second-order valence-electron chi connectivity index (χ2n) is 1.61.